The average Bonchev–Trinajstić information content (AvgIpc) is 2.81. The zero-order valence-corrected chi connectivity index (χ0v) is 23.0. The summed E-state index contributed by atoms with van der Waals surface area (Å²) in [6.07, 6.45) is 0. The molecule has 0 aliphatic carbocycles. The molecule has 0 unspecified atom stereocenters. The van der Waals surface area contributed by atoms with E-state index in [1.165, 1.54) is 55.5 Å². The standard InChI is InChI=1S/C34H36BN/c1-23-19-25(3)33(26(4)20-23)35(34-27(5)21-24(2)22-28(34)6)31-15-11-29(12-16-31)9-10-30-13-17-32(18-14-30)36(7)8/h11-22H,1-8H3. The first-order valence-corrected chi connectivity index (χ1v) is 12.7. The second kappa shape index (κ2) is 10.5. The van der Waals surface area contributed by atoms with E-state index in [2.05, 4.69) is 145 Å². The van der Waals surface area contributed by atoms with Gasteiger partial charge < -0.3 is 4.90 Å². The molecule has 0 N–H and O–H groups in total. The predicted molar refractivity (Wildman–Crippen MR) is 159 cm³/mol. The predicted octanol–water partition coefficient (Wildman–Crippen LogP) is 5.52. The van der Waals surface area contributed by atoms with Crippen molar-refractivity contribution in [3.63, 3.8) is 0 Å². The van der Waals surface area contributed by atoms with Crippen molar-refractivity contribution in [1.29, 1.82) is 0 Å². The molecule has 0 saturated carbocycles. The Morgan fingerprint density at radius 1 is 0.528 bits per heavy atom. The third-order valence-electron chi connectivity index (χ3n) is 7.03. The maximum absolute atomic E-state index is 3.35. The molecule has 4 rings (SSSR count). The molecule has 4 aromatic rings. The van der Waals surface area contributed by atoms with Crippen LogP contribution in [-0.2, 0) is 0 Å². The van der Waals surface area contributed by atoms with Crippen LogP contribution in [0.15, 0.2) is 72.8 Å². The summed E-state index contributed by atoms with van der Waals surface area (Å²) >= 11 is 0. The molecule has 0 aromatic heterocycles. The second-order valence-corrected chi connectivity index (χ2v) is 10.4. The van der Waals surface area contributed by atoms with Gasteiger partial charge in [-0.05, 0) is 77.9 Å². The molecule has 2 heteroatoms. The maximum Gasteiger partial charge on any atom is 0.242 e. The van der Waals surface area contributed by atoms with Crippen LogP contribution in [0.2, 0.25) is 0 Å². The summed E-state index contributed by atoms with van der Waals surface area (Å²) in [7, 11) is 4.10. The van der Waals surface area contributed by atoms with Gasteiger partial charge in [-0.15, -0.1) is 0 Å². The fourth-order valence-electron chi connectivity index (χ4n) is 5.52. The Bertz CT molecular complexity index is 1340. The Morgan fingerprint density at radius 2 is 0.889 bits per heavy atom. The van der Waals surface area contributed by atoms with Crippen LogP contribution in [0.25, 0.3) is 0 Å². The zero-order valence-electron chi connectivity index (χ0n) is 23.0. The van der Waals surface area contributed by atoms with Gasteiger partial charge in [0.1, 0.15) is 0 Å². The third-order valence-corrected chi connectivity index (χ3v) is 7.03. The summed E-state index contributed by atoms with van der Waals surface area (Å²) in [5.41, 5.74) is 15.4. The Kier molecular flexibility index (Phi) is 7.41. The van der Waals surface area contributed by atoms with E-state index in [9.17, 15) is 0 Å². The molecular formula is C34H36BN. The van der Waals surface area contributed by atoms with Gasteiger partial charge in [-0.2, -0.15) is 0 Å². The molecule has 1 nitrogen and oxygen atoms in total. The minimum absolute atomic E-state index is 0.187. The summed E-state index contributed by atoms with van der Waals surface area (Å²) in [6.45, 7) is 13.6. The number of benzene rings is 4. The smallest absolute Gasteiger partial charge is 0.242 e. The molecule has 0 saturated heterocycles. The van der Waals surface area contributed by atoms with Crippen LogP contribution in [0.1, 0.15) is 44.5 Å². The molecule has 0 amide bonds. The van der Waals surface area contributed by atoms with Crippen LogP contribution in [0, 0.1) is 53.4 Å². The van der Waals surface area contributed by atoms with Crippen molar-refractivity contribution in [2.75, 3.05) is 19.0 Å². The molecule has 0 heterocycles. The van der Waals surface area contributed by atoms with Crippen molar-refractivity contribution in [3.8, 4) is 11.8 Å². The molecule has 0 fully saturated rings. The second-order valence-electron chi connectivity index (χ2n) is 10.4. The van der Waals surface area contributed by atoms with Gasteiger partial charge in [0, 0.05) is 30.9 Å². The minimum Gasteiger partial charge on any atom is -0.378 e. The molecule has 0 atom stereocenters. The number of nitrogens with zero attached hydrogens (tertiary/aromatic N) is 1. The topological polar surface area (TPSA) is 3.24 Å². The number of hydrogen-bond donors (Lipinski definition) is 0. The first-order chi connectivity index (χ1) is 17.1. The van der Waals surface area contributed by atoms with Crippen LogP contribution >= 0.6 is 0 Å². The van der Waals surface area contributed by atoms with Crippen LogP contribution in [-0.4, -0.2) is 20.8 Å². The number of anilines is 1. The van der Waals surface area contributed by atoms with E-state index in [-0.39, 0.29) is 6.71 Å². The highest BCUT2D eigenvalue weighted by atomic mass is 15.1. The van der Waals surface area contributed by atoms with Crippen molar-refractivity contribution in [2.45, 2.75) is 41.5 Å². The van der Waals surface area contributed by atoms with Crippen LogP contribution < -0.4 is 21.3 Å². The highest BCUT2D eigenvalue weighted by Gasteiger charge is 2.28. The lowest BCUT2D eigenvalue weighted by Gasteiger charge is -2.24. The lowest BCUT2D eigenvalue weighted by molar-refractivity contribution is 1.13. The number of aryl methyl sites for hydroxylation is 6. The van der Waals surface area contributed by atoms with Crippen LogP contribution in [0.3, 0.4) is 0 Å². The fraction of sp³-hybridized carbons (Fsp3) is 0.235. The van der Waals surface area contributed by atoms with Crippen molar-refractivity contribution in [3.05, 3.63) is 117 Å². The molecule has 0 bridgehead atoms. The van der Waals surface area contributed by atoms with E-state index < -0.39 is 0 Å². The van der Waals surface area contributed by atoms with Crippen molar-refractivity contribution < 1.29 is 0 Å². The summed E-state index contributed by atoms with van der Waals surface area (Å²) in [5.74, 6) is 6.67. The Hall–Kier alpha value is -3.70. The number of rotatable bonds is 4. The van der Waals surface area contributed by atoms with Gasteiger partial charge >= 0.3 is 0 Å². The molecule has 0 aliphatic heterocycles. The largest absolute Gasteiger partial charge is 0.378 e. The molecular weight excluding hydrogens is 433 g/mol. The SMILES string of the molecule is Cc1cc(C)c(B(c2ccc(C#Cc3ccc(N(C)C)cc3)cc2)c2c(C)cc(C)cc2C)c(C)c1. The van der Waals surface area contributed by atoms with Gasteiger partial charge in [-0.1, -0.05) is 98.0 Å². The number of hydrogen-bond acceptors (Lipinski definition) is 1. The molecule has 180 valence electrons. The lowest BCUT2D eigenvalue weighted by atomic mass is 9.34. The molecule has 36 heavy (non-hydrogen) atoms. The van der Waals surface area contributed by atoms with Gasteiger partial charge in [0.25, 0.3) is 0 Å². The van der Waals surface area contributed by atoms with E-state index >= 15 is 0 Å². The molecule has 4 aromatic carbocycles. The average molecular weight is 469 g/mol. The van der Waals surface area contributed by atoms with Gasteiger partial charge in [0.05, 0.1) is 0 Å². The van der Waals surface area contributed by atoms with E-state index in [1.54, 1.807) is 0 Å². The molecule has 0 radical (unpaired) electrons. The molecule has 0 aliphatic rings. The Balaban J connectivity index is 1.77. The first kappa shape index (κ1) is 25.4. The lowest BCUT2D eigenvalue weighted by Crippen LogP contribution is -2.55. The van der Waals surface area contributed by atoms with Crippen molar-refractivity contribution in [1.82, 2.24) is 0 Å². The van der Waals surface area contributed by atoms with Gasteiger partial charge in [0.2, 0.25) is 6.71 Å². The Labute approximate surface area is 218 Å². The summed E-state index contributed by atoms with van der Waals surface area (Å²) in [4.78, 5) is 2.10. The summed E-state index contributed by atoms with van der Waals surface area (Å²) in [5, 5.41) is 0. The first-order valence-electron chi connectivity index (χ1n) is 12.7. The van der Waals surface area contributed by atoms with Crippen LogP contribution in [0.5, 0.6) is 0 Å². The quantitative estimate of drug-likeness (QED) is 0.281. The van der Waals surface area contributed by atoms with E-state index in [1.807, 2.05) is 0 Å². The third kappa shape index (κ3) is 5.42. The van der Waals surface area contributed by atoms with E-state index in [4.69, 9.17) is 0 Å². The van der Waals surface area contributed by atoms with E-state index in [0.717, 1.165) is 11.1 Å². The van der Waals surface area contributed by atoms with E-state index in [0.29, 0.717) is 0 Å². The van der Waals surface area contributed by atoms with Gasteiger partial charge in [0.15, 0.2) is 0 Å². The van der Waals surface area contributed by atoms with Crippen molar-refractivity contribution >= 4 is 28.8 Å². The summed E-state index contributed by atoms with van der Waals surface area (Å²) < 4.78 is 0. The highest BCUT2D eigenvalue weighted by Crippen LogP contribution is 2.14. The fourth-order valence-corrected chi connectivity index (χ4v) is 5.52. The maximum atomic E-state index is 3.35. The normalized spacial score (nSPS) is 10.6. The minimum atomic E-state index is 0.187. The Morgan fingerprint density at radius 3 is 1.25 bits per heavy atom. The zero-order chi connectivity index (χ0) is 26.0. The monoisotopic (exact) mass is 469 g/mol. The van der Waals surface area contributed by atoms with Gasteiger partial charge in [-0.3, -0.25) is 0 Å². The van der Waals surface area contributed by atoms with Gasteiger partial charge in [-0.25, -0.2) is 0 Å². The van der Waals surface area contributed by atoms with Crippen LogP contribution in [0.4, 0.5) is 5.69 Å². The highest BCUT2D eigenvalue weighted by molar-refractivity contribution is 6.96. The molecule has 0 spiro atoms. The van der Waals surface area contributed by atoms with Crippen molar-refractivity contribution in [2.24, 2.45) is 0 Å². The summed E-state index contributed by atoms with van der Waals surface area (Å²) in [6, 6.07) is 26.5.